The Morgan fingerprint density at radius 2 is 1.95 bits per heavy atom. The molecule has 2 N–H and O–H groups in total. The largest absolute Gasteiger partial charge is 0.456 e. The summed E-state index contributed by atoms with van der Waals surface area (Å²) in [5.41, 5.74) is 6.58. The third-order valence-electron chi connectivity index (χ3n) is 2.81. The number of aromatic nitrogens is 1. The minimum Gasteiger partial charge on any atom is -0.456 e. The minimum absolute atomic E-state index is 0.0837. The molecule has 0 spiro atoms. The molecule has 0 fully saturated rings. The van der Waals surface area contributed by atoms with E-state index in [4.69, 9.17) is 19.9 Å². The molecule has 1 aliphatic rings. The summed E-state index contributed by atoms with van der Waals surface area (Å²) in [6.45, 7) is 2.14. The van der Waals surface area contributed by atoms with E-state index in [1.165, 1.54) is 0 Å². The van der Waals surface area contributed by atoms with Gasteiger partial charge in [-0.1, -0.05) is 0 Å². The summed E-state index contributed by atoms with van der Waals surface area (Å²) in [5, 5.41) is 0. The van der Waals surface area contributed by atoms with Crippen LogP contribution in [0.5, 0.6) is 23.0 Å². The molecule has 1 unspecified atom stereocenters. The lowest BCUT2D eigenvalue weighted by Crippen LogP contribution is -2.06. The van der Waals surface area contributed by atoms with E-state index in [0.717, 1.165) is 11.4 Å². The van der Waals surface area contributed by atoms with Crippen LogP contribution in [0.4, 0.5) is 0 Å². The van der Waals surface area contributed by atoms with Gasteiger partial charge in [0.1, 0.15) is 11.5 Å². The third-order valence-corrected chi connectivity index (χ3v) is 2.81. The van der Waals surface area contributed by atoms with Crippen molar-refractivity contribution in [2.45, 2.75) is 13.0 Å². The van der Waals surface area contributed by atoms with Crippen molar-refractivity contribution in [3.05, 3.63) is 42.2 Å². The Morgan fingerprint density at radius 3 is 2.68 bits per heavy atom. The van der Waals surface area contributed by atoms with Gasteiger partial charge >= 0.3 is 0 Å². The highest BCUT2D eigenvalue weighted by molar-refractivity contribution is 5.47. The van der Waals surface area contributed by atoms with Gasteiger partial charge in [0.25, 0.3) is 0 Å². The summed E-state index contributed by atoms with van der Waals surface area (Å²) in [4.78, 5) is 4.24. The van der Waals surface area contributed by atoms with E-state index in [1.54, 1.807) is 12.3 Å². The van der Waals surface area contributed by atoms with Crippen molar-refractivity contribution in [3.8, 4) is 23.0 Å². The quantitative estimate of drug-likeness (QED) is 0.916. The Bertz CT molecular complexity index is 582. The van der Waals surface area contributed by atoms with Crippen LogP contribution in [0.15, 0.2) is 36.5 Å². The van der Waals surface area contributed by atoms with Gasteiger partial charge < -0.3 is 19.9 Å². The molecule has 0 saturated carbocycles. The number of nitrogens with zero attached hydrogens (tertiary/aromatic N) is 1. The van der Waals surface area contributed by atoms with E-state index in [1.807, 2.05) is 31.2 Å². The normalized spacial score (nSPS) is 14.2. The lowest BCUT2D eigenvalue weighted by atomic mass is 10.2. The van der Waals surface area contributed by atoms with Crippen LogP contribution >= 0.6 is 0 Å². The van der Waals surface area contributed by atoms with Gasteiger partial charge in [-0.15, -0.1) is 0 Å². The third kappa shape index (κ3) is 2.46. The Labute approximate surface area is 110 Å². The summed E-state index contributed by atoms with van der Waals surface area (Å²) >= 11 is 0. The second-order valence-electron chi connectivity index (χ2n) is 4.32. The molecule has 5 nitrogen and oxygen atoms in total. The molecule has 2 heterocycles. The standard InChI is InChI=1S/C14H14N2O3/c1-9(15)12-4-2-11(7-16-12)19-10-3-5-13-14(6-10)18-8-17-13/h2-7,9H,8,15H2,1H3. The molecule has 3 rings (SSSR count). The van der Waals surface area contributed by atoms with Crippen molar-refractivity contribution >= 4 is 0 Å². The zero-order chi connectivity index (χ0) is 13.2. The van der Waals surface area contributed by atoms with Gasteiger partial charge in [0.05, 0.1) is 11.9 Å². The molecule has 1 aromatic heterocycles. The molecule has 1 aromatic carbocycles. The highest BCUT2D eigenvalue weighted by Crippen LogP contribution is 2.36. The second-order valence-corrected chi connectivity index (χ2v) is 4.32. The number of pyridine rings is 1. The predicted molar refractivity (Wildman–Crippen MR) is 69.5 cm³/mol. The Kier molecular flexibility index (Phi) is 2.97. The average molecular weight is 258 g/mol. The number of rotatable bonds is 3. The van der Waals surface area contributed by atoms with Crippen LogP contribution in [-0.2, 0) is 0 Å². The highest BCUT2D eigenvalue weighted by atomic mass is 16.7. The SMILES string of the molecule is CC(N)c1ccc(Oc2ccc3c(c2)OCO3)cn1. The second kappa shape index (κ2) is 4.78. The van der Waals surface area contributed by atoms with E-state index in [2.05, 4.69) is 4.98 Å². The van der Waals surface area contributed by atoms with Crippen molar-refractivity contribution in [1.82, 2.24) is 4.98 Å². The highest BCUT2D eigenvalue weighted by Gasteiger charge is 2.14. The Morgan fingerprint density at radius 1 is 1.16 bits per heavy atom. The van der Waals surface area contributed by atoms with Crippen molar-refractivity contribution in [1.29, 1.82) is 0 Å². The first-order chi connectivity index (χ1) is 9.22. The fourth-order valence-electron chi connectivity index (χ4n) is 1.80. The summed E-state index contributed by atoms with van der Waals surface area (Å²) in [6.07, 6.45) is 1.66. The molecule has 19 heavy (non-hydrogen) atoms. The maximum atomic E-state index is 5.74. The minimum atomic E-state index is -0.0837. The van der Waals surface area contributed by atoms with E-state index in [9.17, 15) is 0 Å². The van der Waals surface area contributed by atoms with Crippen LogP contribution in [0.2, 0.25) is 0 Å². The number of ether oxygens (including phenoxy) is 3. The maximum absolute atomic E-state index is 5.74. The summed E-state index contributed by atoms with van der Waals surface area (Å²) in [7, 11) is 0. The van der Waals surface area contributed by atoms with Crippen LogP contribution < -0.4 is 19.9 Å². The molecule has 0 bridgehead atoms. The van der Waals surface area contributed by atoms with Crippen molar-refractivity contribution in [2.75, 3.05) is 6.79 Å². The molecule has 1 atom stereocenters. The summed E-state index contributed by atoms with van der Waals surface area (Å²) < 4.78 is 16.2. The zero-order valence-electron chi connectivity index (χ0n) is 10.5. The monoisotopic (exact) mass is 258 g/mol. The van der Waals surface area contributed by atoms with Crippen LogP contribution in [0, 0.1) is 0 Å². The lowest BCUT2D eigenvalue weighted by molar-refractivity contribution is 0.174. The molecular weight excluding hydrogens is 244 g/mol. The molecule has 0 saturated heterocycles. The fraction of sp³-hybridized carbons (Fsp3) is 0.214. The van der Waals surface area contributed by atoms with E-state index >= 15 is 0 Å². The van der Waals surface area contributed by atoms with Crippen LogP contribution in [-0.4, -0.2) is 11.8 Å². The topological polar surface area (TPSA) is 66.6 Å². The number of benzene rings is 1. The zero-order valence-corrected chi connectivity index (χ0v) is 10.5. The molecule has 2 aromatic rings. The van der Waals surface area contributed by atoms with Gasteiger partial charge in [-0.05, 0) is 31.2 Å². The maximum Gasteiger partial charge on any atom is 0.231 e. The van der Waals surface area contributed by atoms with Gasteiger partial charge in [-0.25, -0.2) is 0 Å². The van der Waals surface area contributed by atoms with E-state index < -0.39 is 0 Å². The molecule has 0 amide bonds. The Balaban J connectivity index is 1.77. The van der Waals surface area contributed by atoms with Gasteiger partial charge in [-0.2, -0.15) is 0 Å². The molecule has 98 valence electrons. The molecule has 5 heteroatoms. The van der Waals surface area contributed by atoms with E-state index in [-0.39, 0.29) is 12.8 Å². The van der Waals surface area contributed by atoms with Gasteiger partial charge in [0.15, 0.2) is 11.5 Å². The lowest BCUT2D eigenvalue weighted by Gasteiger charge is -2.08. The molecule has 0 radical (unpaired) electrons. The first-order valence-electron chi connectivity index (χ1n) is 6.01. The summed E-state index contributed by atoms with van der Waals surface area (Å²) in [6, 6.07) is 9.05. The first kappa shape index (κ1) is 11.8. The number of fused-ring (bicyclic) bond motifs is 1. The van der Waals surface area contributed by atoms with Crippen LogP contribution in [0.1, 0.15) is 18.7 Å². The van der Waals surface area contributed by atoms with Crippen molar-refractivity contribution in [3.63, 3.8) is 0 Å². The summed E-state index contributed by atoms with van der Waals surface area (Å²) in [5.74, 6) is 2.76. The van der Waals surface area contributed by atoms with E-state index in [0.29, 0.717) is 17.2 Å². The number of hydrogen-bond acceptors (Lipinski definition) is 5. The average Bonchev–Trinajstić information content (AvgIpc) is 2.87. The molecule has 1 aliphatic heterocycles. The smallest absolute Gasteiger partial charge is 0.231 e. The van der Waals surface area contributed by atoms with Gasteiger partial charge in [0.2, 0.25) is 6.79 Å². The number of nitrogens with two attached hydrogens (primary N) is 1. The first-order valence-corrected chi connectivity index (χ1v) is 6.01. The van der Waals surface area contributed by atoms with Crippen LogP contribution in [0.25, 0.3) is 0 Å². The Hall–Kier alpha value is -2.27. The van der Waals surface area contributed by atoms with Gasteiger partial charge in [-0.3, -0.25) is 4.98 Å². The molecule has 0 aliphatic carbocycles. The van der Waals surface area contributed by atoms with Crippen LogP contribution in [0.3, 0.4) is 0 Å². The molecular formula is C14H14N2O3. The van der Waals surface area contributed by atoms with Gasteiger partial charge in [0, 0.05) is 12.1 Å². The predicted octanol–water partition coefficient (Wildman–Crippen LogP) is 2.62. The van der Waals surface area contributed by atoms with Crippen molar-refractivity contribution in [2.24, 2.45) is 5.73 Å². The van der Waals surface area contributed by atoms with Crippen molar-refractivity contribution < 1.29 is 14.2 Å². The fourth-order valence-corrected chi connectivity index (χ4v) is 1.80. The number of hydrogen-bond donors (Lipinski definition) is 1.